The van der Waals surface area contributed by atoms with Gasteiger partial charge in [0.25, 0.3) is 5.91 Å². The number of H-pyrrole nitrogens is 1. The molecule has 0 saturated carbocycles. The summed E-state index contributed by atoms with van der Waals surface area (Å²) in [5, 5.41) is 3.49. The predicted molar refractivity (Wildman–Crippen MR) is 158 cm³/mol. The molecule has 0 aliphatic carbocycles. The molecule has 9 nitrogen and oxygen atoms in total. The number of aromatic amines is 1. The summed E-state index contributed by atoms with van der Waals surface area (Å²) in [6, 6.07) is 13.7. The molecule has 5 rings (SSSR count). The number of carbonyl (C=O) groups excluding carboxylic acids is 3. The first-order valence-corrected chi connectivity index (χ1v) is 14.1. The second-order valence-corrected chi connectivity index (χ2v) is 11.6. The Balaban J connectivity index is 0.00000461. The van der Waals surface area contributed by atoms with Crippen molar-refractivity contribution in [3.05, 3.63) is 101 Å². The van der Waals surface area contributed by atoms with Crippen LogP contribution in [0.3, 0.4) is 0 Å². The van der Waals surface area contributed by atoms with E-state index < -0.39 is 41.1 Å². The summed E-state index contributed by atoms with van der Waals surface area (Å²) in [6.45, 7) is 7.63. The minimum absolute atomic E-state index is 0. The van der Waals surface area contributed by atoms with Crippen LogP contribution < -0.4 is 38.6 Å². The Morgan fingerprint density at radius 2 is 1.82 bits per heavy atom. The fourth-order valence-corrected chi connectivity index (χ4v) is 5.32. The summed E-state index contributed by atoms with van der Waals surface area (Å²) in [5.74, 6) is -3.20. The lowest BCUT2D eigenvalue weighted by Gasteiger charge is -2.29. The van der Waals surface area contributed by atoms with Crippen molar-refractivity contribution in [3.63, 3.8) is 0 Å². The smallest absolute Gasteiger partial charge is 0.413 e. The standard InChI is InChI=1S/C33H32F2N4O5.HI/c1-19(2)43-31(41)24-17-39(30(40)20-9-12-25(34)26(35)14-20)18-33(3,4)28-23-11-10-22(15-27(23)37-29(24)28)44-32(42)36-16-21-8-6-7-13-38(21)5;/h6-15,17,19,37H,16,18H2,1-5H3;1H. The Morgan fingerprint density at radius 1 is 1.07 bits per heavy atom. The van der Waals surface area contributed by atoms with E-state index in [1.165, 1.54) is 17.2 Å². The molecule has 0 saturated heterocycles. The topological polar surface area (TPSA) is 105 Å². The van der Waals surface area contributed by atoms with Gasteiger partial charge in [0.2, 0.25) is 5.69 Å². The Morgan fingerprint density at radius 3 is 2.51 bits per heavy atom. The van der Waals surface area contributed by atoms with Gasteiger partial charge in [0, 0.05) is 52.8 Å². The first kappa shape index (κ1) is 33.6. The molecule has 45 heavy (non-hydrogen) atoms. The number of hydrogen-bond acceptors (Lipinski definition) is 5. The van der Waals surface area contributed by atoms with Gasteiger partial charge in [-0.05, 0) is 49.7 Å². The number of ether oxygens (including phenoxy) is 2. The molecule has 0 fully saturated rings. The number of nitrogens with zero attached hydrogens (tertiary/aromatic N) is 2. The number of rotatable bonds is 6. The molecule has 12 heteroatoms. The van der Waals surface area contributed by atoms with Crippen molar-refractivity contribution < 1.29 is 61.2 Å². The second kappa shape index (κ2) is 13.3. The van der Waals surface area contributed by atoms with E-state index >= 15 is 0 Å². The van der Waals surface area contributed by atoms with Crippen LogP contribution in [-0.2, 0) is 28.5 Å². The van der Waals surface area contributed by atoms with Crippen molar-refractivity contribution in [1.29, 1.82) is 0 Å². The van der Waals surface area contributed by atoms with Gasteiger partial charge in [0.05, 0.1) is 17.4 Å². The van der Waals surface area contributed by atoms with Crippen LogP contribution >= 0.6 is 0 Å². The third kappa shape index (κ3) is 7.16. The number of aryl methyl sites for hydroxylation is 1. The van der Waals surface area contributed by atoms with Gasteiger partial charge in [-0.15, -0.1) is 0 Å². The van der Waals surface area contributed by atoms with E-state index in [9.17, 15) is 23.2 Å². The van der Waals surface area contributed by atoms with Crippen LogP contribution in [0.4, 0.5) is 13.6 Å². The maximum atomic E-state index is 14.0. The van der Waals surface area contributed by atoms with Gasteiger partial charge in [-0.3, -0.25) is 4.79 Å². The van der Waals surface area contributed by atoms with E-state index in [0.717, 1.165) is 28.8 Å². The molecule has 0 unspecified atom stereocenters. The van der Waals surface area contributed by atoms with E-state index in [-0.39, 0.29) is 54.0 Å². The summed E-state index contributed by atoms with van der Waals surface area (Å²) < 4.78 is 40.5. The summed E-state index contributed by atoms with van der Waals surface area (Å²) in [6.07, 6.45) is 2.18. The SMILES string of the molecule is CC(C)OC(=O)C1=CN(C(=O)c2ccc(F)c(F)c2)CC(C)(C)c2c1[nH]c1cc(OC(=O)NCc3cccc[n+]3C)ccc21.[I-]. The molecule has 0 atom stereocenters. The van der Waals surface area contributed by atoms with E-state index in [1.54, 1.807) is 32.0 Å². The predicted octanol–water partition coefficient (Wildman–Crippen LogP) is 2.29. The average Bonchev–Trinajstić information content (AvgIpc) is 3.29. The van der Waals surface area contributed by atoms with Crippen LogP contribution in [0, 0.1) is 11.6 Å². The molecule has 1 aliphatic rings. The van der Waals surface area contributed by atoms with Gasteiger partial charge < -0.3 is 48.7 Å². The zero-order valence-electron chi connectivity index (χ0n) is 25.4. The number of carbonyl (C=O) groups is 3. The van der Waals surface area contributed by atoms with E-state index in [4.69, 9.17) is 9.47 Å². The number of benzene rings is 2. The largest absolute Gasteiger partial charge is 1.00 e. The van der Waals surface area contributed by atoms with E-state index in [1.807, 2.05) is 49.9 Å². The molecule has 0 bridgehead atoms. The maximum Gasteiger partial charge on any atom is 0.413 e. The molecule has 4 aromatic rings. The fraction of sp³-hybridized carbons (Fsp3) is 0.273. The third-order valence-electron chi connectivity index (χ3n) is 7.34. The quantitative estimate of drug-likeness (QED) is 0.180. The Bertz CT molecular complexity index is 1820. The fourth-order valence-electron chi connectivity index (χ4n) is 5.32. The number of amides is 2. The zero-order valence-corrected chi connectivity index (χ0v) is 27.6. The highest BCUT2D eigenvalue weighted by Gasteiger charge is 2.38. The normalized spacial score (nSPS) is 13.8. The molecule has 3 heterocycles. The highest BCUT2D eigenvalue weighted by Crippen LogP contribution is 2.41. The number of halogens is 3. The van der Waals surface area contributed by atoms with Crippen LogP contribution in [0.25, 0.3) is 16.5 Å². The number of aromatic nitrogens is 2. The van der Waals surface area contributed by atoms with Crippen LogP contribution in [0.5, 0.6) is 5.75 Å². The average molecular weight is 731 g/mol. The second-order valence-electron chi connectivity index (χ2n) is 11.6. The van der Waals surface area contributed by atoms with Crippen LogP contribution in [0.2, 0.25) is 0 Å². The molecule has 0 spiro atoms. The first-order valence-electron chi connectivity index (χ1n) is 14.1. The summed E-state index contributed by atoms with van der Waals surface area (Å²) in [5.41, 5.74) is 1.96. The summed E-state index contributed by atoms with van der Waals surface area (Å²) in [7, 11) is 1.88. The number of fused-ring (bicyclic) bond motifs is 3. The van der Waals surface area contributed by atoms with E-state index in [2.05, 4.69) is 10.3 Å². The maximum absolute atomic E-state index is 14.0. The van der Waals surface area contributed by atoms with Gasteiger partial charge in [-0.2, -0.15) is 0 Å². The number of nitrogens with one attached hydrogen (secondary N) is 2. The van der Waals surface area contributed by atoms with Crippen LogP contribution in [0.1, 0.15) is 55.0 Å². The van der Waals surface area contributed by atoms with Crippen LogP contribution in [0.15, 0.2) is 67.0 Å². The van der Waals surface area contributed by atoms with Crippen LogP contribution in [-0.4, -0.2) is 40.5 Å². The lowest BCUT2D eigenvalue weighted by atomic mass is 9.81. The Labute approximate surface area is 276 Å². The molecular weight excluding hydrogens is 697 g/mol. The third-order valence-corrected chi connectivity index (χ3v) is 7.34. The molecule has 2 aromatic carbocycles. The first-order chi connectivity index (χ1) is 20.8. The van der Waals surface area contributed by atoms with Crippen molar-refractivity contribution in [3.8, 4) is 5.75 Å². The summed E-state index contributed by atoms with van der Waals surface area (Å²) >= 11 is 0. The molecular formula is C33H33F2IN4O5. The summed E-state index contributed by atoms with van der Waals surface area (Å²) in [4.78, 5) is 44.1. The Hall–Kier alpha value is -4.33. The van der Waals surface area contributed by atoms with Crippen molar-refractivity contribution in [2.45, 2.75) is 45.8 Å². The van der Waals surface area contributed by atoms with E-state index in [0.29, 0.717) is 11.2 Å². The van der Waals surface area contributed by atoms with Crippen molar-refractivity contribution >= 4 is 34.4 Å². The molecule has 0 radical (unpaired) electrons. The molecule has 236 valence electrons. The van der Waals surface area contributed by atoms with Gasteiger partial charge in [0.15, 0.2) is 17.8 Å². The minimum atomic E-state index is -1.15. The van der Waals surface area contributed by atoms with Crippen molar-refractivity contribution in [2.24, 2.45) is 7.05 Å². The van der Waals surface area contributed by atoms with Gasteiger partial charge in [0.1, 0.15) is 19.3 Å². The lowest BCUT2D eigenvalue weighted by Crippen LogP contribution is -3.00. The lowest BCUT2D eigenvalue weighted by molar-refractivity contribution is -0.679. The highest BCUT2D eigenvalue weighted by atomic mass is 127. The number of esters is 1. The number of hydrogen-bond donors (Lipinski definition) is 2. The molecule has 2 amide bonds. The number of pyridine rings is 1. The highest BCUT2D eigenvalue weighted by molar-refractivity contribution is 6.18. The monoisotopic (exact) mass is 730 g/mol. The van der Waals surface area contributed by atoms with Gasteiger partial charge >= 0.3 is 12.1 Å². The van der Waals surface area contributed by atoms with Crippen molar-refractivity contribution in [2.75, 3.05) is 6.54 Å². The molecule has 2 N–H and O–H groups in total. The molecule has 1 aliphatic heterocycles. The van der Waals surface area contributed by atoms with Gasteiger partial charge in [-0.25, -0.2) is 22.9 Å². The van der Waals surface area contributed by atoms with Crippen molar-refractivity contribution in [1.82, 2.24) is 15.2 Å². The van der Waals surface area contributed by atoms with Gasteiger partial charge in [-0.1, -0.05) is 19.9 Å². The Kier molecular flexibility index (Phi) is 9.95. The zero-order chi connectivity index (χ0) is 31.8. The molecule has 2 aromatic heterocycles. The minimum Gasteiger partial charge on any atom is -1.00 e.